The van der Waals surface area contributed by atoms with E-state index in [2.05, 4.69) is 9.88 Å². The van der Waals surface area contributed by atoms with Crippen molar-refractivity contribution in [2.75, 3.05) is 31.1 Å². The van der Waals surface area contributed by atoms with Gasteiger partial charge in [0.2, 0.25) is 0 Å². The van der Waals surface area contributed by atoms with Crippen LogP contribution in [-0.2, 0) is 20.3 Å². The number of nitrogens with zero attached hydrogens (tertiary/aromatic N) is 3. The lowest BCUT2D eigenvalue weighted by Gasteiger charge is -2.36. The van der Waals surface area contributed by atoms with Crippen LogP contribution in [0.2, 0.25) is 5.02 Å². The SMILES string of the molecule is CC(C)(C)OC(=O)N1CCN(c2ccc(CS(=O)(=O)c3ccc(Cl)cc3)cn2)CC1. The number of rotatable bonds is 4. The van der Waals surface area contributed by atoms with E-state index in [4.69, 9.17) is 16.3 Å². The summed E-state index contributed by atoms with van der Waals surface area (Å²) in [6.45, 7) is 7.90. The number of sulfone groups is 1. The van der Waals surface area contributed by atoms with E-state index in [0.717, 1.165) is 5.82 Å². The summed E-state index contributed by atoms with van der Waals surface area (Å²) >= 11 is 5.83. The Balaban J connectivity index is 1.59. The van der Waals surface area contributed by atoms with Gasteiger partial charge in [-0.1, -0.05) is 17.7 Å². The number of aromatic nitrogens is 1. The number of benzene rings is 1. The van der Waals surface area contributed by atoms with E-state index in [9.17, 15) is 13.2 Å². The van der Waals surface area contributed by atoms with Crippen molar-refractivity contribution in [3.05, 3.63) is 53.2 Å². The maximum Gasteiger partial charge on any atom is 0.410 e. The van der Waals surface area contributed by atoms with Crippen LogP contribution in [0.1, 0.15) is 26.3 Å². The van der Waals surface area contributed by atoms with Crippen LogP contribution in [0.4, 0.5) is 10.6 Å². The molecule has 0 unspecified atom stereocenters. The Bertz CT molecular complexity index is 978. The molecule has 162 valence electrons. The zero-order chi connectivity index (χ0) is 21.9. The number of ether oxygens (including phenoxy) is 1. The highest BCUT2D eigenvalue weighted by Gasteiger charge is 2.26. The molecule has 0 N–H and O–H groups in total. The Labute approximate surface area is 182 Å². The van der Waals surface area contributed by atoms with Gasteiger partial charge in [-0.3, -0.25) is 0 Å². The first kappa shape index (κ1) is 22.4. The molecule has 7 nitrogen and oxygen atoms in total. The Hall–Kier alpha value is -2.32. The fourth-order valence-corrected chi connectivity index (χ4v) is 4.53. The topological polar surface area (TPSA) is 79.8 Å². The molecule has 2 aromatic rings. The minimum absolute atomic E-state index is 0.131. The monoisotopic (exact) mass is 451 g/mol. The van der Waals surface area contributed by atoms with Crippen molar-refractivity contribution in [3.63, 3.8) is 0 Å². The minimum atomic E-state index is -3.47. The van der Waals surface area contributed by atoms with E-state index >= 15 is 0 Å². The summed E-state index contributed by atoms with van der Waals surface area (Å²) in [6, 6.07) is 9.72. The molecule has 1 aromatic carbocycles. The van der Waals surface area contributed by atoms with Crippen molar-refractivity contribution >= 4 is 33.3 Å². The minimum Gasteiger partial charge on any atom is -0.444 e. The molecule has 1 aliphatic heterocycles. The molecule has 1 aromatic heterocycles. The Morgan fingerprint density at radius 1 is 1.07 bits per heavy atom. The lowest BCUT2D eigenvalue weighted by atomic mass is 10.2. The Kier molecular flexibility index (Phi) is 6.57. The molecule has 0 bridgehead atoms. The van der Waals surface area contributed by atoms with Crippen molar-refractivity contribution in [1.82, 2.24) is 9.88 Å². The highest BCUT2D eigenvalue weighted by Crippen LogP contribution is 2.21. The number of pyridine rings is 1. The first-order chi connectivity index (χ1) is 14.0. The van der Waals surface area contributed by atoms with Crippen molar-refractivity contribution in [2.24, 2.45) is 0 Å². The first-order valence-corrected chi connectivity index (χ1v) is 11.7. The molecular weight excluding hydrogens is 426 g/mol. The number of piperazine rings is 1. The van der Waals surface area contributed by atoms with Gasteiger partial charge >= 0.3 is 6.09 Å². The first-order valence-electron chi connectivity index (χ1n) is 9.70. The van der Waals surface area contributed by atoms with Gasteiger partial charge in [0.05, 0.1) is 10.6 Å². The molecular formula is C21H26ClN3O4S. The van der Waals surface area contributed by atoms with E-state index < -0.39 is 15.4 Å². The summed E-state index contributed by atoms with van der Waals surface area (Å²) in [4.78, 5) is 20.6. The summed E-state index contributed by atoms with van der Waals surface area (Å²) in [5.74, 6) is 0.625. The number of amides is 1. The molecule has 3 rings (SSSR count). The smallest absolute Gasteiger partial charge is 0.410 e. The van der Waals surface area contributed by atoms with Crippen molar-refractivity contribution < 1.29 is 17.9 Å². The molecule has 0 saturated carbocycles. The molecule has 1 saturated heterocycles. The van der Waals surface area contributed by atoms with Gasteiger partial charge in [-0.2, -0.15) is 0 Å². The lowest BCUT2D eigenvalue weighted by molar-refractivity contribution is 0.0240. The molecule has 1 fully saturated rings. The standard InChI is InChI=1S/C21H26ClN3O4S/c1-21(2,3)29-20(26)25-12-10-24(11-13-25)19-9-4-16(14-23-19)15-30(27,28)18-7-5-17(22)6-8-18/h4-9,14H,10-13,15H2,1-3H3. The second kappa shape index (κ2) is 8.81. The van der Waals surface area contributed by atoms with Gasteiger partial charge in [0.15, 0.2) is 9.84 Å². The lowest BCUT2D eigenvalue weighted by Crippen LogP contribution is -2.50. The quantitative estimate of drug-likeness (QED) is 0.704. The molecule has 30 heavy (non-hydrogen) atoms. The van der Waals surface area contributed by atoms with Gasteiger partial charge in [-0.05, 0) is 56.7 Å². The third-order valence-electron chi connectivity index (χ3n) is 4.59. The molecule has 1 amide bonds. The van der Waals surface area contributed by atoms with Crippen molar-refractivity contribution in [3.8, 4) is 0 Å². The molecule has 2 heterocycles. The van der Waals surface area contributed by atoms with Gasteiger partial charge in [-0.15, -0.1) is 0 Å². The largest absolute Gasteiger partial charge is 0.444 e. The maximum absolute atomic E-state index is 12.6. The number of hydrogen-bond acceptors (Lipinski definition) is 6. The highest BCUT2D eigenvalue weighted by molar-refractivity contribution is 7.90. The number of carbonyl (C=O) groups excluding carboxylic acids is 1. The second-order valence-corrected chi connectivity index (χ2v) is 10.6. The Morgan fingerprint density at radius 2 is 1.70 bits per heavy atom. The fraction of sp³-hybridized carbons (Fsp3) is 0.429. The van der Waals surface area contributed by atoms with Crippen LogP contribution >= 0.6 is 11.6 Å². The third kappa shape index (κ3) is 5.86. The number of hydrogen-bond donors (Lipinski definition) is 0. The number of anilines is 1. The maximum atomic E-state index is 12.6. The summed E-state index contributed by atoms with van der Waals surface area (Å²) in [7, 11) is -3.47. The van der Waals surface area contributed by atoms with E-state index in [-0.39, 0.29) is 16.7 Å². The van der Waals surface area contributed by atoms with E-state index in [1.54, 1.807) is 29.3 Å². The molecule has 9 heteroatoms. The second-order valence-electron chi connectivity index (χ2n) is 8.19. The van der Waals surface area contributed by atoms with Crippen molar-refractivity contribution in [1.29, 1.82) is 0 Å². The van der Waals surface area contributed by atoms with Crippen LogP contribution in [0.5, 0.6) is 0 Å². The van der Waals surface area contributed by atoms with Gasteiger partial charge in [0.25, 0.3) is 0 Å². The normalized spacial score (nSPS) is 15.2. The van der Waals surface area contributed by atoms with Gasteiger partial charge < -0.3 is 14.5 Å². The van der Waals surface area contributed by atoms with Crippen LogP contribution in [0.25, 0.3) is 0 Å². The van der Waals surface area contributed by atoms with Crippen LogP contribution in [0, 0.1) is 0 Å². The average Bonchev–Trinajstić information content (AvgIpc) is 2.67. The summed E-state index contributed by atoms with van der Waals surface area (Å²) in [5.41, 5.74) is 0.0962. The number of halogens is 1. The predicted octanol–water partition coefficient (Wildman–Crippen LogP) is 3.77. The van der Waals surface area contributed by atoms with Crippen molar-refractivity contribution in [2.45, 2.75) is 37.0 Å². The average molecular weight is 452 g/mol. The molecule has 0 radical (unpaired) electrons. The fourth-order valence-electron chi connectivity index (χ4n) is 3.08. The van der Waals surface area contributed by atoms with E-state index in [1.165, 1.54) is 12.1 Å². The molecule has 1 aliphatic rings. The van der Waals surface area contributed by atoms with E-state index in [0.29, 0.717) is 36.8 Å². The molecule has 0 atom stereocenters. The molecule has 0 spiro atoms. The highest BCUT2D eigenvalue weighted by atomic mass is 35.5. The summed E-state index contributed by atoms with van der Waals surface area (Å²) < 4.78 is 30.5. The number of carbonyl (C=O) groups is 1. The van der Waals surface area contributed by atoms with Gasteiger partial charge in [0.1, 0.15) is 11.4 Å². The van der Waals surface area contributed by atoms with Crippen LogP contribution in [0.15, 0.2) is 47.5 Å². The zero-order valence-corrected chi connectivity index (χ0v) is 18.9. The van der Waals surface area contributed by atoms with Gasteiger partial charge in [-0.25, -0.2) is 18.2 Å². The van der Waals surface area contributed by atoms with Crippen LogP contribution < -0.4 is 4.90 Å². The van der Waals surface area contributed by atoms with Crippen LogP contribution in [-0.4, -0.2) is 56.2 Å². The third-order valence-corrected chi connectivity index (χ3v) is 6.55. The van der Waals surface area contributed by atoms with E-state index in [1.807, 2.05) is 26.8 Å². The Morgan fingerprint density at radius 3 is 2.23 bits per heavy atom. The summed E-state index contributed by atoms with van der Waals surface area (Å²) in [6.07, 6.45) is 1.28. The zero-order valence-electron chi connectivity index (χ0n) is 17.3. The van der Waals surface area contributed by atoms with Gasteiger partial charge in [0, 0.05) is 37.4 Å². The molecule has 0 aliphatic carbocycles. The predicted molar refractivity (Wildman–Crippen MR) is 117 cm³/mol. The van der Waals surface area contributed by atoms with Crippen LogP contribution in [0.3, 0.4) is 0 Å². The summed E-state index contributed by atoms with van der Waals surface area (Å²) in [5, 5.41) is 0.492.